The molecule has 2 aromatic rings. The SMILES string of the molecule is CC(COCc1ccccc1)C(=O)N(C1CCCCC1)C1CCN(C(=O)C(N)Cc2ccc(Cl)cc2)C1. The van der Waals surface area contributed by atoms with Crippen LogP contribution < -0.4 is 5.73 Å². The number of hydrogen-bond acceptors (Lipinski definition) is 4. The Morgan fingerprint density at radius 1 is 1.00 bits per heavy atom. The predicted molar refractivity (Wildman–Crippen MR) is 147 cm³/mol. The molecule has 4 rings (SSSR count). The third-order valence-electron chi connectivity index (χ3n) is 7.68. The second kappa shape index (κ2) is 13.4. The Balaban J connectivity index is 1.36. The number of carbonyl (C=O) groups excluding carboxylic acids is 2. The van der Waals surface area contributed by atoms with E-state index in [0.29, 0.717) is 37.7 Å². The average Bonchev–Trinajstić information content (AvgIpc) is 3.40. The van der Waals surface area contributed by atoms with Crippen molar-refractivity contribution in [3.05, 3.63) is 70.7 Å². The first-order valence-electron chi connectivity index (χ1n) is 13.6. The number of rotatable bonds is 10. The molecule has 1 aliphatic carbocycles. The fourth-order valence-corrected chi connectivity index (χ4v) is 5.76. The van der Waals surface area contributed by atoms with Gasteiger partial charge in [0.25, 0.3) is 0 Å². The molecule has 7 heteroatoms. The smallest absolute Gasteiger partial charge is 0.239 e. The highest BCUT2D eigenvalue weighted by Crippen LogP contribution is 2.29. The van der Waals surface area contributed by atoms with Gasteiger partial charge in [-0.15, -0.1) is 0 Å². The third-order valence-corrected chi connectivity index (χ3v) is 7.93. The van der Waals surface area contributed by atoms with Crippen molar-refractivity contribution in [2.45, 2.75) is 76.6 Å². The molecule has 2 aromatic carbocycles. The summed E-state index contributed by atoms with van der Waals surface area (Å²) < 4.78 is 5.92. The number of benzene rings is 2. The molecule has 37 heavy (non-hydrogen) atoms. The lowest BCUT2D eigenvalue weighted by Crippen LogP contribution is -2.52. The monoisotopic (exact) mass is 525 g/mol. The number of amides is 2. The first-order chi connectivity index (χ1) is 17.9. The van der Waals surface area contributed by atoms with Crippen LogP contribution in [0.4, 0.5) is 0 Å². The standard InChI is InChI=1S/C30H40ClN3O3/c1-22(20-37-21-24-8-4-2-5-9-24)29(35)34(26-10-6-3-7-11-26)27-16-17-33(19-27)30(36)28(32)18-23-12-14-25(31)15-13-23/h2,4-5,8-9,12-15,22,26-28H,3,6-7,10-11,16-21,32H2,1H3. The van der Waals surface area contributed by atoms with E-state index in [1.165, 1.54) is 6.42 Å². The van der Waals surface area contributed by atoms with Crippen LogP contribution in [0.25, 0.3) is 0 Å². The normalized spacial score (nSPS) is 20.0. The summed E-state index contributed by atoms with van der Waals surface area (Å²) in [4.78, 5) is 30.9. The first-order valence-corrected chi connectivity index (χ1v) is 14.0. The quantitative estimate of drug-likeness (QED) is 0.482. The fourth-order valence-electron chi connectivity index (χ4n) is 5.64. The Labute approximate surface area is 226 Å². The molecule has 3 atom stereocenters. The van der Waals surface area contributed by atoms with E-state index in [9.17, 15) is 9.59 Å². The lowest BCUT2D eigenvalue weighted by Gasteiger charge is -2.40. The molecular weight excluding hydrogens is 486 g/mol. The average molecular weight is 526 g/mol. The second-order valence-electron chi connectivity index (χ2n) is 10.6. The van der Waals surface area contributed by atoms with Crippen LogP contribution in [-0.4, -0.2) is 59.4 Å². The fraction of sp³-hybridized carbons (Fsp3) is 0.533. The van der Waals surface area contributed by atoms with Gasteiger partial charge >= 0.3 is 0 Å². The number of likely N-dealkylation sites (tertiary alicyclic amines) is 1. The Morgan fingerprint density at radius 2 is 1.70 bits per heavy atom. The van der Waals surface area contributed by atoms with Gasteiger partial charge in [0.05, 0.1) is 31.2 Å². The van der Waals surface area contributed by atoms with Crippen LogP contribution in [0.2, 0.25) is 5.02 Å². The summed E-state index contributed by atoms with van der Waals surface area (Å²) in [6, 6.07) is 17.1. The lowest BCUT2D eigenvalue weighted by atomic mass is 9.92. The topological polar surface area (TPSA) is 75.9 Å². The minimum atomic E-state index is -0.607. The molecule has 2 aliphatic rings. The van der Waals surface area contributed by atoms with Crippen molar-refractivity contribution in [1.82, 2.24) is 9.80 Å². The minimum Gasteiger partial charge on any atom is -0.376 e. The van der Waals surface area contributed by atoms with Gasteiger partial charge < -0.3 is 20.3 Å². The van der Waals surface area contributed by atoms with Gasteiger partial charge in [0.15, 0.2) is 0 Å². The third kappa shape index (κ3) is 7.56. The molecule has 0 bridgehead atoms. The van der Waals surface area contributed by atoms with Crippen molar-refractivity contribution < 1.29 is 14.3 Å². The molecule has 200 valence electrons. The summed E-state index contributed by atoms with van der Waals surface area (Å²) >= 11 is 5.98. The molecular formula is C30H40ClN3O3. The summed E-state index contributed by atoms with van der Waals surface area (Å²) in [6.07, 6.45) is 6.84. The maximum atomic E-state index is 13.8. The van der Waals surface area contributed by atoms with E-state index in [1.54, 1.807) is 0 Å². The van der Waals surface area contributed by atoms with Crippen molar-refractivity contribution in [3.63, 3.8) is 0 Å². The minimum absolute atomic E-state index is 0.0267. The molecule has 2 fully saturated rings. The summed E-state index contributed by atoms with van der Waals surface area (Å²) in [5.74, 6) is -0.139. The highest BCUT2D eigenvalue weighted by Gasteiger charge is 2.39. The van der Waals surface area contributed by atoms with E-state index in [4.69, 9.17) is 22.1 Å². The highest BCUT2D eigenvalue weighted by atomic mass is 35.5. The summed E-state index contributed by atoms with van der Waals surface area (Å²) in [5.41, 5.74) is 8.41. The summed E-state index contributed by atoms with van der Waals surface area (Å²) in [5, 5.41) is 0.665. The van der Waals surface area contributed by atoms with Crippen LogP contribution in [0.1, 0.15) is 56.6 Å². The zero-order chi connectivity index (χ0) is 26.2. The molecule has 1 saturated heterocycles. The first kappa shape index (κ1) is 27.6. The van der Waals surface area contributed by atoms with Gasteiger partial charge in [-0.2, -0.15) is 0 Å². The lowest BCUT2D eigenvalue weighted by molar-refractivity contribution is -0.143. The molecule has 1 saturated carbocycles. The number of hydrogen-bond donors (Lipinski definition) is 1. The van der Waals surface area contributed by atoms with Gasteiger partial charge in [0.1, 0.15) is 0 Å². The molecule has 1 heterocycles. The molecule has 0 spiro atoms. The Hall–Kier alpha value is -2.41. The number of carbonyl (C=O) groups is 2. The van der Waals surface area contributed by atoms with Gasteiger partial charge in [-0.25, -0.2) is 0 Å². The number of nitrogens with two attached hydrogens (primary N) is 1. The largest absolute Gasteiger partial charge is 0.376 e. The molecule has 3 unspecified atom stereocenters. The van der Waals surface area contributed by atoms with Crippen LogP contribution >= 0.6 is 11.6 Å². The van der Waals surface area contributed by atoms with Gasteiger partial charge in [-0.05, 0) is 48.9 Å². The number of halogens is 1. The van der Waals surface area contributed by atoms with Crippen molar-refractivity contribution in [1.29, 1.82) is 0 Å². The molecule has 2 amide bonds. The maximum Gasteiger partial charge on any atom is 0.239 e. The number of ether oxygens (including phenoxy) is 1. The van der Waals surface area contributed by atoms with Gasteiger partial charge in [0.2, 0.25) is 11.8 Å². The van der Waals surface area contributed by atoms with E-state index >= 15 is 0 Å². The summed E-state index contributed by atoms with van der Waals surface area (Å²) in [6.45, 7) is 4.03. The van der Waals surface area contributed by atoms with Crippen molar-refractivity contribution >= 4 is 23.4 Å². The van der Waals surface area contributed by atoms with Crippen LogP contribution in [0.3, 0.4) is 0 Å². The van der Waals surface area contributed by atoms with Crippen LogP contribution in [-0.2, 0) is 27.4 Å². The van der Waals surface area contributed by atoms with Gasteiger partial charge in [0, 0.05) is 24.2 Å². The predicted octanol–water partition coefficient (Wildman–Crippen LogP) is 4.82. The highest BCUT2D eigenvalue weighted by molar-refractivity contribution is 6.30. The maximum absolute atomic E-state index is 13.8. The molecule has 1 aliphatic heterocycles. The zero-order valence-corrected chi connectivity index (χ0v) is 22.6. The van der Waals surface area contributed by atoms with E-state index in [-0.39, 0.29) is 29.8 Å². The zero-order valence-electron chi connectivity index (χ0n) is 21.9. The Bertz CT molecular complexity index is 1010. The van der Waals surface area contributed by atoms with Crippen LogP contribution in [0.15, 0.2) is 54.6 Å². The summed E-state index contributed by atoms with van der Waals surface area (Å²) in [7, 11) is 0. The van der Waals surface area contributed by atoms with Crippen LogP contribution in [0.5, 0.6) is 0 Å². The van der Waals surface area contributed by atoms with E-state index in [2.05, 4.69) is 4.90 Å². The molecule has 2 N–H and O–H groups in total. The molecule has 0 aromatic heterocycles. The van der Waals surface area contributed by atoms with E-state index < -0.39 is 6.04 Å². The molecule has 0 radical (unpaired) electrons. The van der Waals surface area contributed by atoms with E-state index in [0.717, 1.165) is 43.2 Å². The van der Waals surface area contributed by atoms with Crippen molar-refractivity contribution in [2.24, 2.45) is 11.7 Å². The van der Waals surface area contributed by atoms with Crippen molar-refractivity contribution in [2.75, 3.05) is 19.7 Å². The van der Waals surface area contributed by atoms with Crippen LogP contribution in [0, 0.1) is 5.92 Å². The Morgan fingerprint density at radius 3 is 2.41 bits per heavy atom. The van der Waals surface area contributed by atoms with Crippen molar-refractivity contribution in [3.8, 4) is 0 Å². The van der Waals surface area contributed by atoms with E-state index in [1.807, 2.05) is 66.4 Å². The van der Waals surface area contributed by atoms with Gasteiger partial charge in [-0.3, -0.25) is 9.59 Å². The van der Waals surface area contributed by atoms with Gasteiger partial charge in [-0.1, -0.05) is 80.3 Å². The number of nitrogens with zero attached hydrogens (tertiary/aromatic N) is 2. The Kier molecular flexibility index (Phi) is 10.0. The second-order valence-corrected chi connectivity index (χ2v) is 11.0. The molecule has 6 nitrogen and oxygen atoms in total.